The predicted molar refractivity (Wildman–Crippen MR) is 100.0 cm³/mol. The SMILES string of the molecule is CCCCCCNC(=O)C1CCC(CNC(C)(C)C(=O)CC)CC1. The topological polar surface area (TPSA) is 58.2 Å². The summed E-state index contributed by atoms with van der Waals surface area (Å²) >= 11 is 0. The predicted octanol–water partition coefficient (Wildman–Crippen LogP) is 3.84. The molecule has 0 atom stereocenters. The van der Waals surface area contributed by atoms with Gasteiger partial charge in [0.15, 0.2) is 5.78 Å². The fourth-order valence-corrected chi connectivity index (χ4v) is 3.48. The Kier molecular flexibility index (Phi) is 9.57. The Morgan fingerprint density at radius 1 is 1.00 bits per heavy atom. The van der Waals surface area contributed by atoms with Gasteiger partial charge in [0.05, 0.1) is 5.54 Å². The monoisotopic (exact) mass is 338 g/mol. The molecule has 0 aromatic rings. The summed E-state index contributed by atoms with van der Waals surface area (Å²) in [6.07, 6.45) is 9.49. The summed E-state index contributed by atoms with van der Waals surface area (Å²) in [6, 6.07) is 0. The molecule has 1 aliphatic carbocycles. The van der Waals surface area contributed by atoms with Crippen LogP contribution in [0.5, 0.6) is 0 Å². The maximum Gasteiger partial charge on any atom is 0.223 e. The summed E-state index contributed by atoms with van der Waals surface area (Å²) < 4.78 is 0. The van der Waals surface area contributed by atoms with E-state index in [-0.39, 0.29) is 17.6 Å². The molecule has 0 aliphatic heterocycles. The molecule has 0 spiro atoms. The van der Waals surface area contributed by atoms with Crippen LogP contribution in [0.25, 0.3) is 0 Å². The van der Waals surface area contributed by atoms with E-state index in [0.29, 0.717) is 12.3 Å². The molecule has 1 saturated carbocycles. The van der Waals surface area contributed by atoms with Crippen molar-refractivity contribution >= 4 is 11.7 Å². The number of rotatable bonds is 11. The normalized spacial score (nSPS) is 21.5. The van der Waals surface area contributed by atoms with E-state index in [1.54, 1.807) is 0 Å². The lowest BCUT2D eigenvalue weighted by molar-refractivity contribution is -0.126. The second-order valence-corrected chi connectivity index (χ2v) is 7.85. The van der Waals surface area contributed by atoms with Crippen LogP contribution in [0.3, 0.4) is 0 Å². The Morgan fingerprint density at radius 2 is 1.67 bits per heavy atom. The lowest BCUT2D eigenvalue weighted by atomic mass is 9.81. The molecule has 0 aromatic heterocycles. The smallest absolute Gasteiger partial charge is 0.223 e. The summed E-state index contributed by atoms with van der Waals surface area (Å²) in [5, 5.41) is 6.53. The third-order valence-electron chi connectivity index (χ3n) is 5.40. The van der Waals surface area contributed by atoms with Crippen molar-refractivity contribution in [3.8, 4) is 0 Å². The van der Waals surface area contributed by atoms with E-state index in [4.69, 9.17) is 0 Å². The zero-order chi connectivity index (χ0) is 18.0. The zero-order valence-corrected chi connectivity index (χ0v) is 16.2. The van der Waals surface area contributed by atoms with E-state index in [9.17, 15) is 9.59 Å². The van der Waals surface area contributed by atoms with Crippen molar-refractivity contribution in [3.63, 3.8) is 0 Å². The molecule has 1 rings (SSSR count). The Labute approximate surface area is 148 Å². The number of hydrogen-bond donors (Lipinski definition) is 2. The van der Waals surface area contributed by atoms with Crippen LogP contribution in [-0.2, 0) is 9.59 Å². The fraction of sp³-hybridized carbons (Fsp3) is 0.900. The van der Waals surface area contributed by atoms with Gasteiger partial charge in [0, 0.05) is 18.9 Å². The molecule has 0 unspecified atom stereocenters. The maximum absolute atomic E-state index is 12.2. The van der Waals surface area contributed by atoms with E-state index in [1.165, 1.54) is 19.3 Å². The first-order chi connectivity index (χ1) is 11.4. The van der Waals surface area contributed by atoms with Crippen molar-refractivity contribution in [1.29, 1.82) is 0 Å². The van der Waals surface area contributed by atoms with Crippen molar-refractivity contribution in [2.75, 3.05) is 13.1 Å². The zero-order valence-electron chi connectivity index (χ0n) is 16.2. The average Bonchev–Trinajstić information content (AvgIpc) is 2.59. The quantitative estimate of drug-likeness (QED) is 0.563. The summed E-state index contributed by atoms with van der Waals surface area (Å²) in [6.45, 7) is 9.76. The molecule has 24 heavy (non-hydrogen) atoms. The van der Waals surface area contributed by atoms with E-state index in [0.717, 1.165) is 45.2 Å². The molecule has 1 aliphatic rings. The van der Waals surface area contributed by atoms with Crippen LogP contribution >= 0.6 is 0 Å². The molecule has 4 heteroatoms. The van der Waals surface area contributed by atoms with Gasteiger partial charge < -0.3 is 10.6 Å². The molecule has 0 heterocycles. The van der Waals surface area contributed by atoms with Gasteiger partial charge in [0.2, 0.25) is 5.91 Å². The summed E-state index contributed by atoms with van der Waals surface area (Å²) in [5.74, 6) is 1.29. The van der Waals surface area contributed by atoms with Crippen LogP contribution in [0.1, 0.15) is 85.5 Å². The van der Waals surface area contributed by atoms with Crippen molar-refractivity contribution in [3.05, 3.63) is 0 Å². The minimum atomic E-state index is -0.429. The largest absolute Gasteiger partial charge is 0.356 e. The number of carbonyl (C=O) groups excluding carboxylic acids is 2. The van der Waals surface area contributed by atoms with E-state index in [2.05, 4.69) is 17.6 Å². The maximum atomic E-state index is 12.2. The van der Waals surface area contributed by atoms with Crippen LogP contribution in [0.4, 0.5) is 0 Å². The first kappa shape index (κ1) is 21.1. The lowest BCUT2D eigenvalue weighted by Crippen LogP contribution is -2.48. The molecule has 0 aromatic carbocycles. The first-order valence-corrected chi connectivity index (χ1v) is 9.96. The lowest BCUT2D eigenvalue weighted by Gasteiger charge is -2.31. The molecule has 0 saturated heterocycles. The number of nitrogens with one attached hydrogen (secondary N) is 2. The Hall–Kier alpha value is -0.900. The number of ketones is 1. The number of unbranched alkanes of at least 4 members (excludes halogenated alkanes) is 3. The Bertz CT molecular complexity index is 385. The minimum Gasteiger partial charge on any atom is -0.356 e. The van der Waals surface area contributed by atoms with Gasteiger partial charge in [-0.15, -0.1) is 0 Å². The molecular weight excluding hydrogens is 300 g/mol. The molecular formula is C20H38N2O2. The highest BCUT2D eigenvalue weighted by Crippen LogP contribution is 2.29. The van der Waals surface area contributed by atoms with E-state index < -0.39 is 5.54 Å². The number of amides is 1. The van der Waals surface area contributed by atoms with Crippen LogP contribution < -0.4 is 10.6 Å². The number of Topliss-reactive ketones (excluding diaryl/α,β-unsaturated/α-hetero) is 1. The molecule has 0 radical (unpaired) electrons. The standard InChI is InChI=1S/C20H38N2O2/c1-5-7-8-9-14-21-19(24)17-12-10-16(11-13-17)15-22-20(3,4)18(23)6-2/h16-17,22H,5-15H2,1-4H3,(H,21,24). The Morgan fingerprint density at radius 3 is 2.25 bits per heavy atom. The first-order valence-electron chi connectivity index (χ1n) is 9.96. The van der Waals surface area contributed by atoms with Gasteiger partial charge in [-0.05, 0) is 58.4 Å². The molecule has 140 valence electrons. The third-order valence-corrected chi connectivity index (χ3v) is 5.40. The summed E-state index contributed by atoms with van der Waals surface area (Å²) in [5.41, 5.74) is -0.429. The second kappa shape index (κ2) is 10.9. The van der Waals surface area contributed by atoms with Gasteiger partial charge >= 0.3 is 0 Å². The van der Waals surface area contributed by atoms with Crippen LogP contribution in [-0.4, -0.2) is 30.3 Å². The van der Waals surface area contributed by atoms with Gasteiger partial charge in [-0.3, -0.25) is 9.59 Å². The van der Waals surface area contributed by atoms with E-state index >= 15 is 0 Å². The fourth-order valence-electron chi connectivity index (χ4n) is 3.48. The average molecular weight is 339 g/mol. The minimum absolute atomic E-state index is 0.192. The molecule has 1 amide bonds. The molecule has 4 nitrogen and oxygen atoms in total. The van der Waals surface area contributed by atoms with Gasteiger partial charge in [-0.25, -0.2) is 0 Å². The van der Waals surface area contributed by atoms with Crippen molar-refractivity contribution in [2.24, 2.45) is 11.8 Å². The molecule has 0 bridgehead atoms. The van der Waals surface area contributed by atoms with E-state index in [1.807, 2.05) is 20.8 Å². The van der Waals surface area contributed by atoms with Crippen molar-refractivity contribution < 1.29 is 9.59 Å². The summed E-state index contributed by atoms with van der Waals surface area (Å²) in [4.78, 5) is 24.1. The van der Waals surface area contributed by atoms with Crippen LogP contribution in [0, 0.1) is 11.8 Å². The van der Waals surface area contributed by atoms with Crippen molar-refractivity contribution in [1.82, 2.24) is 10.6 Å². The van der Waals surface area contributed by atoms with Gasteiger partial charge in [-0.2, -0.15) is 0 Å². The Balaban J connectivity index is 2.21. The van der Waals surface area contributed by atoms with Gasteiger partial charge in [0.1, 0.15) is 0 Å². The highest BCUT2D eigenvalue weighted by Gasteiger charge is 2.29. The summed E-state index contributed by atoms with van der Waals surface area (Å²) in [7, 11) is 0. The molecule has 2 N–H and O–H groups in total. The second-order valence-electron chi connectivity index (χ2n) is 7.85. The number of carbonyl (C=O) groups is 2. The van der Waals surface area contributed by atoms with Crippen molar-refractivity contribution in [2.45, 2.75) is 91.0 Å². The third kappa shape index (κ3) is 7.33. The highest BCUT2D eigenvalue weighted by atomic mass is 16.2. The highest BCUT2D eigenvalue weighted by molar-refractivity contribution is 5.87. The van der Waals surface area contributed by atoms with Crippen LogP contribution in [0.2, 0.25) is 0 Å². The van der Waals surface area contributed by atoms with Crippen LogP contribution in [0.15, 0.2) is 0 Å². The molecule has 1 fully saturated rings. The number of hydrogen-bond acceptors (Lipinski definition) is 3. The van der Waals surface area contributed by atoms with Gasteiger partial charge in [-0.1, -0.05) is 33.1 Å². The van der Waals surface area contributed by atoms with Gasteiger partial charge in [0.25, 0.3) is 0 Å².